The first kappa shape index (κ1) is 18.2. The molecule has 0 aliphatic heterocycles. The molecule has 1 N–H and O–H groups in total. The van der Waals surface area contributed by atoms with Gasteiger partial charge in [0, 0.05) is 6.07 Å². The second-order valence-electron chi connectivity index (χ2n) is 5.95. The summed E-state index contributed by atoms with van der Waals surface area (Å²) in [5.74, 6) is 0.107. The lowest BCUT2D eigenvalue weighted by molar-refractivity contribution is 0.316. The third-order valence-corrected chi connectivity index (χ3v) is 4.75. The van der Waals surface area contributed by atoms with Crippen molar-refractivity contribution >= 4 is 21.1 Å². The van der Waals surface area contributed by atoms with Gasteiger partial charge in [0.15, 0.2) is 0 Å². The second-order valence-corrected chi connectivity index (χ2v) is 7.52. The third kappa shape index (κ3) is 4.12. The van der Waals surface area contributed by atoms with Gasteiger partial charge in [0.05, 0.1) is 23.3 Å². The molecule has 136 valence electrons. The largest absolute Gasteiger partial charge is 0.493 e. The van der Waals surface area contributed by atoms with Crippen LogP contribution in [0.15, 0.2) is 57.9 Å². The predicted octanol–water partition coefficient (Wildman–Crippen LogP) is 3.43. The number of aryl methyl sites for hydroxylation is 1. The zero-order chi connectivity index (χ0) is 18.7. The molecule has 3 aromatic rings. The molecule has 3 rings (SSSR count). The van der Waals surface area contributed by atoms with Crippen LogP contribution in [0.25, 0.3) is 22.1 Å². The highest BCUT2D eigenvalue weighted by Crippen LogP contribution is 2.26. The average Bonchev–Trinajstić information content (AvgIpc) is 2.59. The lowest BCUT2D eigenvalue weighted by Crippen LogP contribution is -2.09. The van der Waals surface area contributed by atoms with Crippen LogP contribution in [0.2, 0.25) is 0 Å². The lowest BCUT2D eigenvalue weighted by atomic mass is 10.0. The Hall–Kier alpha value is -2.64. The molecule has 0 unspecified atom stereocenters. The summed E-state index contributed by atoms with van der Waals surface area (Å²) in [5, 5.41) is 0.483. The molecule has 0 radical (unpaired) electrons. The maximum atomic E-state index is 12.8. The molecular weight excluding hydrogens is 356 g/mol. The Balaban J connectivity index is 1.89. The molecular formula is C19H18O6S. The van der Waals surface area contributed by atoms with Crippen LogP contribution in [-0.4, -0.2) is 25.3 Å². The van der Waals surface area contributed by atoms with Crippen molar-refractivity contribution in [1.82, 2.24) is 0 Å². The molecule has 0 atom stereocenters. The molecule has 26 heavy (non-hydrogen) atoms. The Kier molecular flexibility index (Phi) is 5.11. The highest BCUT2D eigenvalue weighted by molar-refractivity contribution is 7.85. The zero-order valence-electron chi connectivity index (χ0n) is 14.1. The molecule has 0 saturated carbocycles. The molecule has 1 aromatic heterocycles. The van der Waals surface area contributed by atoms with Crippen LogP contribution in [0.3, 0.4) is 0 Å². The first-order valence-corrected chi connectivity index (χ1v) is 9.65. The molecule has 2 aromatic carbocycles. The van der Waals surface area contributed by atoms with E-state index in [9.17, 15) is 13.2 Å². The lowest BCUT2D eigenvalue weighted by Gasteiger charge is -2.09. The van der Waals surface area contributed by atoms with Crippen LogP contribution < -0.4 is 10.2 Å². The Morgan fingerprint density at radius 1 is 1.15 bits per heavy atom. The van der Waals surface area contributed by atoms with E-state index in [2.05, 4.69) is 0 Å². The summed E-state index contributed by atoms with van der Waals surface area (Å²) >= 11 is 0. The smallest absolute Gasteiger partial charge is 0.264 e. The Morgan fingerprint density at radius 3 is 2.58 bits per heavy atom. The quantitative estimate of drug-likeness (QED) is 0.525. The minimum atomic E-state index is -4.00. The minimum Gasteiger partial charge on any atom is -0.493 e. The van der Waals surface area contributed by atoms with E-state index in [0.29, 0.717) is 27.8 Å². The fraction of sp³-hybridized carbons (Fsp3) is 0.211. The van der Waals surface area contributed by atoms with Gasteiger partial charge in [-0.3, -0.25) is 9.35 Å². The summed E-state index contributed by atoms with van der Waals surface area (Å²) in [7, 11) is -4.00. The second kappa shape index (κ2) is 7.31. The van der Waals surface area contributed by atoms with Gasteiger partial charge in [-0.15, -0.1) is 0 Å². The number of rotatable bonds is 6. The summed E-state index contributed by atoms with van der Waals surface area (Å²) < 4.78 is 41.3. The summed E-state index contributed by atoms with van der Waals surface area (Å²) in [5.41, 5.74) is 2.27. The highest BCUT2D eigenvalue weighted by Gasteiger charge is 2.13. The van der Waals surface area contributed by atoms with E-state index in [1.807, 2.05) is 30.3 Å². The summed E-state index contributed by atoms with van der Waals surface area (Å²) in [6.07, 6.45) is 1.59. The van der Waals surface area contributed by atoms with E-state index in [-0.39, 0.29) is 24.2 Å². The van der Waals surface area contributed by atoms with Crippen LogP contribution in [0, 0.1) is 6.92 Å². The van der Waals surface area contributed by atoms with Crippen molar-refractivity contribution in [2.24, 2.45) is 0 Å². The van der Waals surface area contributed by atoms with Gasteiger partial charge in [-0.25, -0.2) is 0 Å². The fourth-order valence-corrected chi connectivity index (χ4v) is 3.23. The molecule has 0 fully saturated rings. The van der Waals surface area contributed by atoms with E-state index < -0.39 is 10.1 Å². The van der Waals surface area contributed by atoms with Gasteiger partial charge in [0.1, 0.15) is 17.6 Å². The predicted molar refractivity (Wildman–Crippen MR) is 99.2 cm³/mol. The molecule has 1 heterocycles. The van der Waals surface area contributed by atoms with Gasteiger partial charge in [0.25, 0.3) is 10.1 Å². The highest BCUT2D eigenvalue weighted by atomic mass is 32.2. The third-order valence-electron chi connectivity index (χ3n) is 3.95. The van der Waals surface area contributed by atoms with E-state index in [1.54, 1.807) is 19.1 Å². The topological polar surface area (TPSA) is 93.8 Å². The van der Waals surface area contributed by atoms with E-state index >= 15 is 0 Å². The van der Waals surface area contributed by atoms with Crippen LogP contribution in [-0.2, 0) is 10.1 Å². The van der Waals surface area contributed by atoms with Gasteiger partial charge >= 0.3 is 0 Å². The van der Waals surface area contributed by atoms with Crippen molar-refractivity contribution in [1.29, 1.82) is 0 Å². The summed E-state index contributed by atoms with van der Waals surface area (Å²) in [4.78, 5) is 12.8. The van der Waals surface area contributed by atoms with Gasteiger partial charge in [-0.05, 0) is 30.5 Å². The van der Waals surface area contributed by atoms with Crippen molar-refractivity contribution in [2.75, 3.05) is 12.4 Å². The van der Waals surface area contributed by atoms with Crippen molar-refractivity contribution in [3.8, 4) is 16.9 Å². The minimum absolute atomic E-state index is 0.118. The van der Waals surface area contributed by atoms with Crippen molar-refractivity contribution in [3.05, 3.63) is 64.5 Å². The maximum absolute atomic E-state index is 12.8. The SMILES string of the molecule is Cc1cc(OCCCS(=O)(=O)O)cc2occ(-c3ccccc3)c(=O)c12. The average molecular weight is 374 g/mol. The fourth-order valence-electron chi connectivity index (χ4n) is 2.75. The molecule has 0 amide bonds. The van der Waals surface area contributed by atoms with Crippen LogP contribution >= 0.6 is 0 Å². The Labute approximate surface area is 150 Å². The zero-order valence-corrected chi connectivity index (χ0v) is 15.0. The first-order valence-electron chi connectivity index (χ1n) is 8.05. The number of hydrogen-bond acceptors (Lipinski definition) is 5. The monoisotopic (exact) mass is 374 g/mol. The Bertz CT molecular complexity index is 1080. The normalized spacial score (nSPS) is 11.6. The van der Waals surface area contributed by atoms with Gasteiger partial charge < -0.3 is 9.15 Å². The van der Waals surface area contributed by atoms with Crippen molar-refractivity contribution in [3.63, 3.8) is 0 Å². The summed E-state index contributed by atoms with van der Waals surface area (Å²) in [6.45, 7) is 1.91. The van der Waals surface area contributed by atoms with Gasteiger partial charge in [0.2, 0.25) is 5.43 Å². The summed E-state index contributed by atoms with van der Waals surface area (Å²) in [6, 6.07) is 12.6. The van der Waals surface area contributed by atoms with Crippen molar-refractivity contribution in [2.45, 2.75) is 13.3 Å². The van der Waals surface area contributed by atoms with Gasteiger partial charge in [-0.2, -0.15) is 8.42 Å². The molecule has 6 nitrogen and oxygen atoms in total. The standard InChI is InChI=1S/C19H18O6S/c1-13-10-15(24-8-5-9-26(21,22)23)11-17-18(13)19(20)16(12-25-17)14-6-3-2-4-7-14/h2-4,6-7,10-12H,5,8-9H2,1H3,(H,21,22,23). The van der Waals surface area contributed by atoms with E-state index in [1.165, 1.54) is 6.26 Å². The molecule has 0 bridgehead atoms. The van der Waals surface area contributed by atoms with Crippen LogP contribution in [0.5, 0.6) is 5.75 Å². The number of hydrogen-bond donors (Lipinski definition) is 1. The van der Waals surface area contributed by atoms with E-state index in [0.717, 1.165) is 5.56 Å². The molecule has 0 aliphatic rings. The maximum Gasteiger partial charge on any atom is 0.264 e. The van der Waals surface area contributed by atoms with Crippen LogP contribution in [0.4, 0.5) is 0 Å². The molecule has 0 saturated heterocycles. The Morgan fingerprint density at radius 2 is 1.88 bits per heavy atom. The van der Waals surface area contributed by atoms with Crippen LogP contribution in [0.1, 0.15) is 12.0 Å². The van der Waals surface area contributed by atoms with Gasteiger partial charge in [-0.1, -0.05) is 30.3 Å². The number of fused-ring (bicyclic) bond motifs is 1. The first-order chi connectivity index (χ1) is 12.3. The molecule has 7 heteroatoms. The molecule has 0 aliphatic carbocycles. The number of benzene rings is 2. The van der Waals surface area contributed by atoms with Crippen molar-refractivity contribution < 1.29 is 22.1 Å². The van der Waals surface area contributed by atoms with E-state index in [4.69, 9.17) is 13.7 Å². The number of ether oxygens (including phenoxy) is 1. The molecule has 0 spiro atoms.